The second-order valence-electron chi connectivity index (χ2n) is 7.37. The minimum atomic E-state index is 0.157. The van der Waals surface area contributed by atoms with E-state index < -0.39 is 0 Å². The van der Waals surface area contributed by atoms with Crippen LogP contribution in [0.1, 0.15) is 59.3 Å². The first-order valence-corrected chi connectivity index (χ1v) is 10.4. The molecule has 4 rings (SSSR count). The number of carbonyl (C=O) groups excluding carboxylic acids is 1. The van der Waals surface area contributed by atoms with Crippen LogP contribution in [0.2, 0.25) is 0 Å². The fourth-order valence-electron chi connectivity index (χ4n) is 3.77. The predicted molar refractivity (Wildman–Crippen MR) is 101 cm³/mol. The van der Waals surface area contributed by atoms with Gasteiger partial charge in [0, 0.05) is 36.1 Å². The highest BCUT2D eigenvalue weighted by Crippen LogP contribution is 2.38. The van der Waals surface area contributed by atoms with Crippen LogP contribution < -0.4 is 0 Å². The van der Waals surface area contributed by atoms with Crippen LogP contribution in [-0.2, 0) is 11.3 Å². The highest BCUT2D eigenvalue weighted by atomic mass is 32.2. The van der Waals surface area contributed by atoms with E-state index in [0.717, 1.165) is 53.9 Å². The fraction of sp³-hybridized carbons (Fsp3) is 0.632. The zero-order valence-electron chi connectivity index (χ0n) is 15.7. The molecular weight excluding hydrogens is 348 g/mol. The number of Topliss-reactive ketones (excluding diaryl/α,β-unsaturated/α-hetero) is 1. The Bertz CT molecular complexity index is 816. The van der Waals surface area contributed by atoms with E-state index in [2.05, 4.69) is 26.3 Å². The van der Waals surface area contributed by atoms with Gasteiger partial charge in [-0.2, -0.15) is 0 Å². The maximum Gasteiger partial charge on any atom is 0.191 e. The zero-order chi connectivity index (χ0) is 18.3. The molecule has 1 saturated heterocycles. The molecule has 0 amide bonds. The van der Waals surface area contributed by atoms with Gasteiger partial charge < -0.3 is 13.9 Å². The lowest BCUT2D eigenvalue weighted by atomic mass is 10.2. The van der Waals surface area contributed by atoms with E-state index in [0.29, 0.717) is 11.8 Å². The quantitative estimate of drug-likeness (QED) is 0.548. The summed E-state index contributed by atoms with van der Waals surface area (Å²) in [7, 11) is 0. The Morgan fingerprint density at radius 1 is 1.27 bits per heavy atom. The molecule has 0 unspecified atom stereocenters. The maximum absolute atomic E-state index is 12.8. The Morgan fingerprint density at radius 3 is 2.77 bits per heavy atom. The van der Waals surface area contributed by atoms with Gasteiger partial charge in [0.25, 0.3) is 0 Å². The van der Waals surface area contributed by atoms with Crippen molar-refractivity contribution in [3.8, 4) is 0 Å². The molecule has 0 bridgehead atoms. The van der Waals surface area contributed by atoms with Gasteiger partial charge in [-0.25, -0.2) is 0 Å². The van der Waals surface area contributed by atoms with Gasteiger partial charge in [0.1, 0.15) is 5.82 Å². The Morgan fingerprint density at radius 2 is 2.08 bits per heavy atom. The van der Waals surface area contributed by atoms with Crippen molar-refractivity contribution in [2.75, 3.05) is 12.4 Å². The minimum Gasteiger partial charge on any atom is -0.376 e. The summed E-state index contributed by atoms with van der Waals surface area (Å²) in [6.45, 7) is 7.78. The topological polar surface area (TPSA) is 61.9 Å². The molecule has 140 valence electrons. The lowest BCUT2D eigenvalue weighted by molar-refractivity contribution is 0.0957. The van der Waals surface area contributed by atoms with E-state index >= 15 is 0 Å². The van der Waals surface area contributed by atoms with Crippen molar-refractivity contribution in [1.82, 2.24) is 19.3 Å². The molecule has 1 aliphatic heterocycles. The van der Waals surface area contributed by atoms with Crippen molar-refractivity contribution < 1.29 is 9.53 Å². The minimum absolute atomic E-state index is 0.157. The summed E-state index contributed by atoms with van der Waals surface area (Å²) in [6.07, 6.45) is 4.88. The van der Waals surface area contributed by atoms with Crippen LogP contribution in [0, 0.1) is 20.8 Å². The summed E-state index contributed by atoms with van der Waals surface area (Å²) in [5.74, 6) is 1.50. The van der Waals surface area contributed by atoms with Gasteiger partial charge >= 0.3 is 0 Å². The molecule has 0 radical (unpaired) electrons. The van der Waals surface area contributed by atoms with Crippen LogP contribution in [-0.4, -0.2) is 43.6 Å². The molecule has 0 aromatic carbocycles. The number of carbonyl (C=O) groups is 1. The van der Waals surface area contributed by atoms with E-state index in [1.807, 2.05) is 19.9 Å². The molecule has 7 heteroatoms. The summed E-state index contributed by atoms with van der Waals surface area (Å²) in [4.78, 5) is 12.8. The summed E-state index contributed by atoms with van der Waals surface area (Å²) in [5.41, 5.74) is 2.99. The van der Waals surface area contributed by atoms with Gasteiger partial charge in [0.05, 0.1) is 11.9 Å². The third kappa shape index (κ3) is 3.47. The number of ether oxygens (including phenoxy) is 1. The molecular formula is C19H26N4O2S. The largest absolute Gasteiger partial charge is 0.376 e. The molecule has 2 aromatic heterocycles. The van der Waals surface area contributed by atoms with E-state index in [9.17, 15) is 4.79 Å². The molecule has 0 spiro atoms. The fourth-order valence-corrected chi connectivity index (χ4v) is 4.70. The third-order valence-electron chi connectivity index (χ3n) is 5.36. The van der Waals surface area contributed by atoms with E-state index in [1.54, 1.807) is 0 Å². The Hall–Kier alpha value is -1.60. The summed E-state index contributed by atoms with van der Waals surface area (Å²) in [5, 5.41) is 9.31. The average molecular weight is 375 g/mol. The number of hydrogen-bond donors (Lipinski definition) is 0. The summed E-state index contributed by atoms with van der Waals surface area (Å²) < 4.78 is 10.2. The number of hydrogen-bond acceptors (Lipinski definition) is 5. The van der Waals surface area contributed by atoms with Crippen LogP contribution in [0.3, 0.4) is 0 Å². The van der Waals surface area contributed by atoms with E-state index in [1.165, 1.54) is 24.6 Å². The highest BCUT2D eigenvalue weighted by Gasteiger charge is 2.29. The van der Waals surface area contributed by atoms with E-state index in [4.69, 9.17) is 4.74 Å². The Kier molecular flexibility index (Phi) is 4.92. The van der Waals surface area contributed by atoms with Gasteiger partial charge in [0.15, 0.2) is 10.9 Å². The molecule has 6 nitrogen and oxygen atoms in total. The molecule has 1 saturated carbocycles. The SMILES string of the molecule is Cc1cc(C(=O)CSc2nnc(C)n2C2CC2)c(C)n1C[C@H]1CCCO1. The number of aromatic nitrogens is 4. The molecule has 2 aliphatic rings. The van der Waals surface area contributed by atoms with Gasteiger partial charge in [-0.1, -0.05) is 11.8 Å². The molecule has 26 heavy (non-hydrogen) atoms. The van der Waals surface area contributed by atoms with Gasteiger partial charge in [-0.15, -0.1) is 10.2 Å². The lowest BCUT2D eigenvalue weighted by Crippen LogP contribution is -2.17. The van der Waals surface area contributed by atoms with E-state index in [-0.39, 0.29) is 11.9 Å². The molecule has 1 atom stereocenters. The molecule has 3 heterocycles. The van der Waals surface area contributed by atoms with Crippen molar-refractivity contribution in [2.24, 2.45) is 0 Å². The smallest absolute Gasteiger partial charge is 0.191 e. The molecule has 2 aromatic rings. The highest BCUT2D eigenvalue weighted by molar-refractivity contribution is 7.99. The van der Waals surface area contributed by atoms with Crippen molar-refractivity contribution in [3.05, 3.63) is 28.8 Å². The van der Waals surface area contributed by atoms with Crippen LogP contribution in [0.4, 0.5) is 0 Å². The van der Waals surface area contributed by atoms with Gasteiger partial charge in [0.2, 0.25) is 0 Å². The molecule has 0 N–H and O–H groups in total. The third-order valence-corrected chi connectivity index (χ3v) is 6.31. The van der Waals surface area contributed by atoms with Crippen LogP contribution in [0.5, 0.6) is 0 Å². The normalized spacial score (nSPS) is 20.0. The summed E-state index contributed by atoms with van der Waals surface area (Å²) >= 11 is 1.50. The first-order chi connectivity index (χ1) is 12.5. The summed E-state index contributed by atoms with van der Waals surface area (Å²) in [6, 6.07) is 2.54. The first kappa shape index (κ1) is 17.8. The van der Waals surface area contributed by atoms with Crippen molar-refractivity contribution >= 4 is 17.5 Å². The number of rotatable bonds is 7. The zero-order valence-corrected chi connectivity index (χ0v) is 16.5. The van der Waals surface area contributed by atoms with Crippen molar-refractivity contribution in [3.63, 3.8) is 0 Å². The monoisotopic (exact) mass is 374 g/mol. The lowest BCUT2D eigenvalue weighted by Gasteiger charge is -2.14. The van der Waals surface area contributed by atoms with Crippen molar-refractivity contribution in [1.29, 1.82) is 0 Å². The number of thioether (sulfide) groups is 1. The van der Waals surface area contributed by atoms with Gasteiger partial charge in [-0.3, -0.25) is 4.79 Å². The molecule has 1 aliphatic carbocycles. The van der Waals surface area contributed by atoms with Crippen LogP contribution in [0.25, 0.3) is 0 Å². The number of nitrogens with zero attached hydrogens (tertiary/aromatic N) is 4. The maximum atomic E-state index is 12.8. The first-order valence-electron chi connectivity index (χ1n) is 9.40. The second-order valence-corrected chi connectivity index (χ2v) is 8.32. The predicted octanol–water partition coefficient (Wildman–Crippen LogP) is 3.49. The van der Waals surface area contributed by atoms with Gasteiger partial charge in [-0.05, 0) is 52.5 Å². The molecule has 2 fully saturated rings. The average Bonchev–Trinajstić information content (AvgIpc) is 3.06. The second kappa shape index (κ2) is 7.19. The Labute approximate surface area is 158 Å². The Balaban J connectivity index is 1.45. The number of aryl methyl sites for hydroxylation is 2. The number of ketones is 1. The van der Waals surface area contributed by atoms with Crippen LogP contribution in [0.15, 0.2) is 11.2 Å². The van der Waals surface area contributed by atoms with Crippen LogP contribution >= 0.6 is 11.8 Å². The standard InChI is InChI=1S/C19H26N4O2S/c1-12-9-17(13(2)22(12)10-16-5-4-8-25-16)18(24)11-26-19-21-20-14(3)23(19)15-6-7-15/h9,15-16H,4-8,10-11H2,1-3H3/t16-/m1/s1. The van der Waals surface area contributed by atoms with Crippen molar-refractivity contribution in [2.45, 2.75) is 70.3 Å².